The molecule has 0 bridgehead atoms. The summed E-state index contributed by atoms with van der Waals surface area (Å²) in [4.78, 5) is 14.0. The van der Waals surface area contributed by atoms with Gasteiger partial charge < -0.3 is 11.1 Å². The average molecular weight is 248 g/mol. The third-order valence-electron chi connectivity index (χ3n) is 3.34. The quantitative estimate of drug-likeness (QED) is 0.764. The first kappa shape index (κ1) is 13.7. The van der Waals surface area contributed by atoms with Gasteiger partial charge in [0, 0.05) is 18.6 Å². The standard InChI is InChI=1S/C11H21N3O.ClH/c1-8(11(15)13-10-4-5-10)14-6-2-3-9(12)7-14;/h8-10H,2-7,12H2,1H3,(H,13,15);1H. The molecular formula is C11H22ClN3O. The van der Waals surface area contributed by atoms with Gasteiger partial charge in [-0.3, -0.25) is 9.69 Å². The summed E-state index contributed by atoms with van der Waals surface area (Å²) >= 11 is 0. The number of amides is 1. The third-order valence-corrected chi connectivity index (χ3v) is 3.34. The van der Waals surface area contributed by atoms with Gasteiger partial charge in [-0.1, -0.05) is 0 Å². The highest BCUT2D eigenvalue weighted by Crippen LogP contribution is 2.19. The lowest BCUT2D eigenvalue weighted by molar-refractivity contribution is -0.126. The second-order valence-electron chi connectivity index (χ2n) is 4.86. The molecule has 1 aliphatic carbocycles. The van der Waals surface area contributed by atoms with Crippen LogP contribution in [0.5, 0.6) is 0 Å². The Morgan fingerprint density at radius 2 is 2.12 bits per heavy atom. The Labute approximate surface area is 103 Å². The summed E-state index contributed by atoms with van der Waals surface area (Å²) in [6.07, 6.45) is 4.51. The van der Waals surface area contributed by atoms with Gasteiger partial charge in [0.1, 0.15) is 0 Å². The van der Waals surface area contributed by atoms with Gasteiger partial charge in [0.05, 0.1) is 6.04 Å². The lowest BCUT2D eigenvalue weighted by atomic mass is 10.0. The number of rotatable bonds is 3. The van der Waals surface area contributed by atoms with Crippen molar-refractivity contribution in [3.8, 4) is 0 Å². The van der Waals surface area contributed by atoms with Gasteiger partial charge in [0.2, 0.25) is 5.91 Å². The molecule has 2 rings (SSSR count). The predicted molar refractivity (Wildman–Crippen MR) is 66.7 cm³/mol. The molecule has 0 aromatic rings. The van der Waals surface area contributed by atoms with E-state index in [-0.39, 0.29) is 30.4 Å². The van der Waals surface area contributed by atoms with E-state index >= 15 is 0 Å². The molecule has 2 atom stereocenters. The molecule has 2 unspecified atom stereocenters. The van der Waals surface area contributed by atoms with Crippen molar-refractivity contribution in [1.29, 1.82) is 0 Å². The van der Waals surface area contributed by atoms with E-state index in [1.54, 1.807) is 0 Å². The summed E-state index contributed by atoms with van der Waals surface area (Å²) in [5.41, 5.74) is 5.90. The summed E-state index contributed by atoms with van der Waals surface area (Å²) in [6, 6.07) is 0.685. The van der Waals surface area contributed by atoms with Gasteiger partial charge in [0.15, 0.2) is 0 Å². The zero-order valence-electron chi connectivity index (χ0n) is 9.82. The van der Waals surface area contributed by atoms with Crippen LogP contribution in [0.3, 0.4) is 0 Å². The lowest BCUT2D eigenvalue weighted by Crippen LogP contribution is -2.52. The van der Waals surface area contributed by atoms with Crippen molar-refractivity contribution >= 4 is 18.3 Å². The molecule has 1 heterocycles. The van der Waals surface area contributed by atoms with E-state index in [4.69, 9.17) is 5.73 Å². The van der Waals surface area contributed by atoms with Crippen LogP contribution < -0.4 is 11.1 Å². The summed E-state index contributed by atoms with van der Waals surface area (Å²) in [5.74, 6) is 0.173. The van der Waals surface area contributed by atoms with Gasteiger partial charge in [-0.2, -0.15) is 0 Å². The van der Waals surface area contributed by atoms with Crippen molar-refractivity contribution in [2.75, 3.05) is 13.1 Å². The van der Waals surface area contributed by atoms with E-state index < -0.39 is 0 Å². The Bertz CT molecular complexity index is 245. The van der Waals surface area contributed by atoms with Crippen LogP contribution in [0.1, 0.15) is 32.6 Å². The molecule has 1 saturated carbocycles. The largest absolute Gasteiger partial charge is 0.352 e. The highest BCUT2D eigenvalue weighted by molar-refractivity contribution is 5.85. The number of nitrogens with one attached hydrogen (secondary N) is 1. The van der Waals surface area contributed by atoms with Crippen molar-refractivity contribution in [1.82, 2.24) is 10.2 Å². The van der Waals surface area contributed by atoms with Crippen molar-refractivity contribution in [2.45, 2.75) is 50.7 Å². The van der Waals surface area contributed by atoms with Gasteiger partial charge >= 0.3 is 0 Å². The van der Waals surface area contributed by atoms with E-state index in [1.807, 2.05) is 6.92 Å². The zero-order valence-corrected chi connectivity index (χ0v) is 10.6. The van der Waals surface area contributed by atoms with Crippen molar-refractivity contribution in [3.63, 3.8) is 0 Å². The fourth-order valence-corrected chi connectivity index (χ4v) is 2.11. The number of hydrogen-bond donors (Lipinski definition) is 2. The monoisotopic (exact) mass is 247 g/mol. The molecule has 0 aromatic carbocycles. The number of likely N-dealkylation sites (tertiary alicyclic amines) is 1. The average Bonchev–Trinajstić information content (AvgIpc) is 3.00. The molecule has 2 fully saturated rings. The third kappa shape index (κ3) is 3.61. The fourth-order valence-electron chi connectivity index (χ4n) is 2.11. The van der Waals surface area contributed by atoms with E-state index in [0.717, 1.165) is 38.8 Å². The maximum absolute atomic E-state index is 11.8. The molecular weight excluding hydrogens is 226 g/mol. The molecule has 1 aliphatic heterocycles. The number of piperidine rings is 1. The van der Waals surface area contributed by atoms with E-state index in [0.29, 0.717) is 6.04 Å². The van der Waals surface area contributed by atoms with Gasteiger partial charge in [0.25, 0.3) is 0 Å². The Balaban J connectivity index is 0.00000128. The smallest absolute Gasteiger partial charge is 0.237 e. The molecule has 1 saturated heterocycles. The second-order valence-corrected chi connectivity index (χ2v) is 4.86. The number of nitrogens with two attached hydrogens (primary N) is 1. The Morgan fingerprint density at radius 3 is 2.69 bits per heavy atom. The first-order chi connectivity index (χ1) is 7.16. The van der Waals surface area contributed by atoms with Gasteiger partial charge in [-0.05, 0) is 39.2 Å². The van der Waals surface area contributed by atoms with Crippen molar-refractivity contribution < 1.29 is 4.79 Å². The first-order valence-corrected chi connectivity index (χ1v) is 5.97. The summed E-state index contributed by atoms with van der Waals surface area (Å²) in [5, 5.41) is 3.04. The number of halogens is 1. The Hall–Kier alpha value is -0.320. The number of carbonyl (C=O) groups excluding carboxylic acids is 1. The van der Waals surface area contributed by atoms with E-state index in [9.17, 15) is 4.79 Å². The molecule has 5 heteroatoms. The molecule has 3 N–H and O–H groups in total. The van der Waals surface area contributed by atoms with E-state index in [2.05, 4.69) is 10.2 Å². The normalized spacial score (nSPS) is 28.0. The number of hydrogen-bond acceptors (Lipinski definition) is 3. The van der Waals surface area contributed by atoms with Crippen molar-refractivity contribution in [2.24, 2.45) is 5.73 Å². The molecule has 0 aromatic heterocycles. The highest BCUT2D eigenvalue weighted by atomic mass is 35.5. The van der Waals surface area contributed by atoms with Crippen LogP contribution in [0.2, 0.25) is 0 Å². The minimum Gasteiger partial charge on any atom is -0.352 e. The maximum Gasteiger partial charge on any atom is 0.237 e. The second kappa shape index (κ2) is 5.84. The van der Waals surface area contributed by atoms with Gasteiger partial charge in [-0.15, -0.1) is 12.4 Å². The Morgan fingerprint density at radius 1 is 1.44 bits per heavy atom. The summed E-state index contributed by atoms with van der Waals surface area (Å²) < 4.78 is 0. The van der Waals surface area contributed by atoms with Crippen LogP contribution in [0.25, 0.3) is 0 Å². The highest BCUT2D eigenvalue weighted by Gasteiger charge is 2.29. The Kier molecular flexibility index (Phi) is 5.02. The maximum atomic E-state index is 11.8. The first-order valence-electron chi connectivity index (χ1n) is 5.97. The molecule has 1 amide bonds. The van der Waals surface area contributed by atoms with E-state index in [1.165, 1.54) is 0 Å². The van der Waals surface area contributed by atoms with Crippen molar-refractivity contribution in [3.05, 3.63) is 0 Å². The minimum atomic E-state index is -0.0167. The fraction of sp³-hybridized carbons (Fsp3) is 0.909. The van der Waals surface area contributed by atoms with Crippen LogP contribution in [0.15, 0.2) is 0 Å². The van der Waals surface area contributed by atoms with Crippen LogP contribution in [-0.2, 0) is 4.79 Å². The molecule has 2 aliphatic rings. The summed E-state index contributed by atoms with van der Waals surface area (Å²) in [7, 11) is 0. The van der Waals surface area contributed by atoms with Crippen LogP contribution in [0, 0.1) is 0 Å². The van der Waals surface area contributed by atoms with Crippen LogP contribution in [-0.4, -0.2) is 42.0 Å². The lowest BCUT2D eigenvalue weighted by Gasteiger charge is -2.34. The minimum absolute atomic E-state index is 0. The summed E-state index contributed by atoms with van der Waals surface area (Å²) in [6.45, 7) is 3.85. The molecule has 94 valence electrons. The number of nitrogens with zero attached hydrogens (tertiary/aromatic N) is 1. The van der Waals surface area contributed by atoms with Crippen LogP contribution >= 0.6 is 12.4 Å². The predicted octanol–water partition coefficient (Wildman–Crippen LogP) is 0.498. The van der Waals surface area contributed by atoms with Crippen LogP contribution in [0.4, 0.5) is 0 Å². The molecule has 0 spiro atoms. The molecule has 0 radical (unpaired) electrons. The molecule has 16 heavy (non-hydrogen) atoms. The zero-order chi connectivity index (χ0) is 10.8. The molecule has 4 nitrogen and oxygen atoms in total. The SMILES string of the molecule is CC(C(=O)NC1CC1)N1CCCC(N)C1.Cl. The number of carbonyl (C=O) groups is 1. The van der Waals surface area contributed by atoms with Gasteiger partial charge in [-0.25, -0.2) is 0 Å². The topological polar surface area (TPSA) is 58.4 Å².